The van der Waals surface area contributed by atoms with Crippen molar-refractivity contribution >= 4 is 5.97 Å². The number of hydrogen-bond acceptors (Lipinski definition) is 4. The molecular formula is C12H13N3O3. The van der Waals surface area contributed by atoms with Crippen LogP contribution in [0.1, 0.15) is 23.2 Å². The molecule has 1 N–H and O–H groups in total. The molecule has 2 aromatic heterocycles. The first-order valence-corrected chi connectivity index (χ1v) is 5.53. The van der Waals surface area contributed by atoms with E-state index in [4.69, 9.17) is 9.84 Å². The van der Waals surface area contributed by atoms with Crippen LogP contribution in [0, 0.1) is 0 Å². The van der Waals surface area contributed by atoms with Gasteiger partial charge < -0.3 is 14.4 Å². The van der Waals surface area contributed by atoms with E-state index in [0.29, 0.717) is 18.1 Å². The molecule has 2 rings (SSSR count). The third-order valence-electron chi connectivity index (χ3n) is 2.42. The summed E-state index contributed by atoms with van der Waals surface area (Å²) < 4.78 is 7.24. The van der Waals surface area contributed by atoms with Crippen LogP contribution in [0.3, 0.4) is 0 Å². The van der Waals surface area contributed by atoms with Gasteiger partial charge in [-0.3, -0.25) is 4.98 Å². The monoisotopic (exact) mass is 247 g/mol. The van der Waals surface area contributed by atoms with Gasteiger partial charge in [0.15, 0.2) is 5.69 Å². The summed E-state index contributed by atoms with van der Waals surface area (Å²) in [6, 6.07) is 3.55. The Kier molecular flexibility index (Phi) is 3.57. The van der Waals surface area contributed by atoms with E-state index < -0.39 is 5.97 Å². The zero-order chi connectivity index (χ0) is 13.0. The second kappa shape index (κ2) is 5.31. The minimum absolute atomic E-state index is 0.0293. The zero-order valence-corrected chi connectivity index (χ0v) is 9.91. The molecule has 0 saturated heterocycles. The summed E-state index contributed by atoms with van der Waals surface area (Å²) in [6.45, 7) is 2.78. The molecule has 0 unspecified atom stereocenters. The van der Waals surface area contributed by atoms with Crippen LogP contribution < -0.4 is 4.74 Å². The summed E-state index contributed by atoms with van der Waals surface area (Å²) >= 11 is 0. The maximum absolute atomic E-state index is 10.8. The van der Waals surface area contributed by atoms with Crippen molar-refractivity contribution in [1.82, 2.24) is 14.5 Å². The Morgan fingerprint density at radius 2 is 2.39 bits per heavy atom. The molecule has 0 fully saturated rings. The van der Waals surface area contributed by atoms with E-state index in [-0.39, 0.29) is 12.3 Å². The molecule has 2 aromatic rings. The summed E-state index contributed by atoms with van der Waals surface area (Å²) in [5.74, 6) is 0.170. The number of aromatic nitrogens is 3. The summed E-state index contributed by atoms with van der Waals surface area (Å²) in [5, 5.41) is 8.88. The van der Waals surface area contributed by atoms with Crippen LogP contribution >= 0.6 is 0 Å². The molecule has 6 heteroatoms. The van der Waals surface area contributed by atoms with Gasteiger partial charge in [-0.2, -0.15) is 0 Å². The number of imidazole rings is 1. The molecule has 0 aliphatic carbocycles. The Hall–Kier alpha value is -2.37. The summed E-state index contributed by atoms with van der Waals surface area (Å²) in [4.78, 5) is 18.8. The molecule has 0 bridgehead atoms. The Labute approximate surface area is 104 Å². The fraction of sp³-hybridized carbons (Fsp3) is 0.250. The van der Waals surface area contributed by atoms with Crippen LogP contribution in [0.25, 0.3) is 0 Å². The van der Waals surface area contributed by atoms with Crippen molar-refractivity contribution in [3.63, 3.8) is 0 Å². The molecule has 0 aliphatic heterocycles. The van der Waals surface area contributed by atoms with Gasteiger partial charge in [-0.15, -0.1) is 0 Å². The highest BCUT2D eigenvalue weighted by Gasteiger charge is 2.12. The molecule has 0 saturated carbocycles. The van der Waals surface area contributed by atoms with E-state index in [1.807, 2.05) is 6.92 Å². The number of nitrogens with zero attached hydrogens (tertiary/aromatic N) is 3. The molecule has 2 heterocycles. The molecule has 0 atom stereocenters. The SMILES string of the molecule is CCn1cc(C(=O)O)nc1COc1cccnc1. The fourth-order valence-electron chi connectivity index (χ4n) is 1.53. The van der Waals surface area contributed by atoms with E-state index in [2.05, 4.69) is 9.97 Å². The van der Waals surface area contributed by atoms with Crippen molar-refractivity contribution in [2.24, 2.45) is 0 Å². The van der Waals surface area contributed by atoms with Gasteiger partial charge in [0.1, 0.15) is 18.2 Å². The lowest BCUT2D eigenvalue weighted by molar-refractivity contribution is 0.0690. The Morgan fingerprint density at radius 3 is 3.00 bits per heavy atom. The summed E-state index contributed by atoms with van der Waals surface area (Å²) in [6.07, 6.45) is 4.75. The first-order valence-electron chi connectivity index (χ1n) is 5.53. The molecule has 0 amide bonds. The van der Waals surface area contributed by atoms with Crippen LogP contribution in [0.2, 0.25) is 0 Å². The first kappa shape index (κ1) is 12.1. The van der Waals surface area contributed by atoms with Crippen LogP contribution in [-0.4, -0.2) is 25.6 Å². The second-order valence-corrected chi connectivity index (χ2v) is 3.61. The number of rotatable bonds is 5. The molecular weight excluding hydrogens is 234 g/mol. The standard InChI is InChI=1S/C12H13N3O3/c1-2-15-7-10(12(16)17)14-11(15)8-18-9-4-3-5-13-6-9/h3-7H,2,8H2,1H3,(H,16,17). The number of carboxylic acid groups (broad SMARTS) is 1. The third kappa shape index (κ3) is 2.65. The van der Waals surface area contributed by atoms with Crippen molar-refractivity contribution in [2.75, 3.05) is 0 Å². The van der Waals surface area contributed by atoms with Crippen molar-refractivity contribution in [2.45, 2.75) is 20.1 Å². The van der Waals surface area contributed by atoms with Crippen molar-refractivity contribution in [3.8, 4) is 5.75 Å². The number of hydrogen-bond donors (Lipinski definition) is 1. The van der Waals surface area contributed by atoms with Gasteiger partial charge in [0, 0.05) is 18.9 Å². The molecule has 0 aliphatic rings. The van der Waals surface area contributed by atoms with Crippen LogP contribution in [0.4, 0.5) is 0 Å². The maximum atomic E-state index is 10.8. The van der Waals surface area contributed by atoms with E-state index in [1.54, 1.807) is 29.1 Å². The highest BCUT2D eigenvalue weighted by molar-refractivity contribution is 5.85. The predicted octanol–water partition coefficient (Wildman–Crippen LogP) is 1.58. The molecule has 18 heavy (non-hydrogen) atoms. The average Bonchev–Trinajstić information content (AvgIpc) is 2.81. The topological polar surface area (TPSA) is 77.2 Å². The van der Waals surface area contributed by atoms with Gasteiger partial charge in [-0.1, -0.05) is 0 Å². The van der Waals surface area contributed by atoms with Gasteiger partial charge in [0.25, 0.3) is 0 Å². The fourth-order valence-corrected chi connectivity index (χ4v) is 1.53. The number of ether oxygens (including phenoxy) is 1. The summed E-state index contributed by atoms with van der Waals surface area (Å²) in [7, 11) is 0. The normalized spacial score (nSPS) is 10.3. The van der Waals surface area contributed by atoms with Gasteiger partial charge in [-0.05, 0) is 19.1 Å². The predicted molar refractivity (Wildman–Crippen MR) is 63.4 cm³/mol. The first-order chi connectivity index (χ1) is 8.70. The minimum Gasteiger partial charge on any atom is -0.484 e. The summed E-state index contributed by atoms with van der Waals surface area (Å²) in [5.41, 5.74) is 0.0293. The number of aryl methyl sites for hydroxylation is 1. The van der Waals surface area contributed by atoms with Gasteiger partial charge >= 0.3 is 5.97 Å². The zero-order valence-electron chi connectivity index (χ0n) is 9.91. The highest BCUT2D eigenvalue weighted by Crippen LogP contribution is 2.10. The maximum Gasteiger partial charge on any atom is 0.356 e. The molecule has 0 spiro atoms. The molecule has 94 valence electrons. The largest absolute Gasteiger partial charge is 0.484 e. The molecule has 0 radical (unpaired) electrons. The number of pyridine rings is 1. The Morgan fingerprint density at radius 1 is 1.56 bits per heavy atom. The van der Waals surface area contributed by atoms with Crippen molar-refractivity contribution in [3.05, 3.63) is 42.2 Å². The average molecular weight is 247 g/mol. The minimum atomic E-state index is -1.04. The molecule has 0 aromatic carbocycles. The quantitative estimate of drug-likeness (QED) is 0.867. The van der Waals surface area contributed by atoms with Gasteiger partial charge in [0.05, 0.1) is 6.20 Å². The van der Waals surface area contributed by atoms with E-state index >= 15 is 0 Å². The second-order valence-electron chi connectivity index (χ2n) is 3.61. The molecule has 6 nitrogen and oxygen atoms in total. The van der Waals surface area contributed by atoms with E-state index in [1.165, 1.54) is 6.20 Å². The van der Waals surface area contributed by atoms with E-state index in [9.17, 15) is 4.79 Å². The van der Waals surface area contributed by atoms with Gasteiger partial charge in [-0.25, -0.2) is 9.78 Å². The smallest absolute Gasteiger partial charge is 0.356 e. The van der Waals surface area contributed by atoms with Crippen molar-refractivity contribution < 1.29 is 14.6 Å². The Balaban J connectivity index is 2.11. The lowest BCUT2D eigenvalue weighted by Crippen LogP contribution is -2.05. The highest BCUT2D eigenvalue weighted by atomic mass is 16.5. The number of carbonyl (C=O) groups is 1. The van der Waals surface area contributed by atoms with Crippen LogP contribution in [0.5, 0.6) is 5.75 Å². The van der Waals surface area contributed by atoms with Crippen molar-refractivity contribution in [1.29, 1.82) is 0 Å². The lowest BCUT2D eigenvalue weighted by Gasteiger charge is -2.06. The van der Waals surface area contributed by atoms with E-state index in [0.717, 1.165) is 0 Å². The third-order valence-corrected chi connectivity index (χ3v) is 2.42. The number of aromatic carboxylic acids is 1. The Bertz CT molecular complexity index is 537. The lowest BCUT2D eigenvalue weighted by atomic mass is 10.5. The number of carboxylic acids is 1. The van der Waals surface area contributed by atoms with Crippen LogP contribution in [-0.2, 0) is 13.2 Å². The van der Waals surface area contributed by atoms with Gasteiger partial charge in [0.2, 0.25) is 0 Å². The van der Waals surface area contributed by atoms with Crippen LogP contribution in [0.15, 0.2) is 30.7 Å².